The number of pyridine rings is 1. The van der Waals surface area contributed by atoms with Crippen molar-refractivity contribution in [2.24, 2.45) is 5.92 Å². The van der Waals surface area contributed by atoms with Gasteiger partial charge in [-0.1, -0.05) is 17.7 Å². The van der Waals surface area contributed by atoms with E-state index in [0.29, 0.717) is 29.5 Å². The molecule has 0 saturated carbocycles. The maximum atomic E-state index is 12.9. The topological polar surface area (TPSA) is 66.1 Å². The number of rotatable bonds is 3. The number of H-pyrrole nitrogens is 1. The van der Waals surface area contributed by atoms with E-state index in [1.54, 1.807) is 29.3 Å². The van der Waals surface area contributed by atoms with Gasteiger partial charge in [-0.25, -0.2) is 0 Å². The van der Waals surface area contributed by atoms with Crippen molar-refractivity contribution < 1.29 is 9.59 Å². The van der Waals surface area contributed by atoms with E-state index in [4.69, 9.17) is 11.6 Å². The number of carbonyl (C=O) groups excluding carboxylic acids is 2. The molecule has 132 valence electrons. The lowest BCUT2D eigenvalue weighted by Gasteiger charge is -2.31. The highest BCUT2D eigenvalue weighted by atomic mass is 35.5. The van der Waals surface area contributed by atoms with Gasteiger partial charge in [-0.2, -0.15) is 0 Å². The molecule has 0 bridgehead atoms. The number of piperidine rings is 1. The van der Waals surface area contributed by atoms with Crippen molar-refractivity contribution in [2.75, 3.05) is 13.1 Å². The second kappa shape index (κ2) is 6.92. The number of Topliss-reactive ketones (excluding diaryl/α,β-unsaturated/α-hetero) is 1. The molecule has 1 aliphatic rings. The number of likely N-dealkylation sites (tertiary alicyclic amines) is 1. The van der Waals surface area contributed by atoms with E-state index in [-0.39, 0.29) is 17.6 Å². The Balaban J connectivity index is 1.53. The standard InChI is InChI=1S/C20H18ClN3O2/c21-15-6-7-16-14(10-15)11-18(23-16)20(26)24-9-3-4-13(12-24)19(25)17-5-1-2-8-22-17/h1-2,5-8,10-11,13,23H,3-4,9,12H2. The zero-order valence-electron chi connectivity index (χ0n) is 14.1. The third-order valence-corrected chi connectivity index (χ3v) is 5.05. The molecule has 1 saturated heterocycles. The van der Waals surface area contributed by atoms with Gasteiger partial charge in [-0.3, -0.25) is 14.6 Å². The molecular formula is C20H18ClN3O2. The molecule has 1 N–H and O–H groups in total. The van der Waals surface area contributed by atoms with Crippen LogP contribution < -0.4 is 0 Å². The van der Waals surface area contributed by atoms with Crippen molar-refractivity contribution in [3.8, 4) is 0 Å². The molecule has 1 amide bonds. The molecule has 6 heteroatoms. The lowest BCUT2D eigenvalue weighted by atomic mass is 9.91. The van der Waals surface area contributed by atoms with Crippen LogP contribution in [0.1, 0.15) is 33.8 Å². The quantitative estimate of drug-likeness (QED) is 0.713. The first-order chi connectivity index (χ1) is 12.6. The zero-order valence-corrected chi connectivity index (χ0v) is 14.9. The van der Waals surface area contributed by atoms with Crippen molar-refractivity contribution in [3.63, 3.8) is 0 Å². The molecule has 0 aliphatic carbocycles. The van der Waals surface area contributed by atoms with E-state index in [1.165, 1.54) is 0 Å². The van der Waals surface area contributed by atoms with Gasteiger partial charge in [0.1, 0.15) is 11.4 Å². The molecule has 1 unspecified atom stereocenters. The molecule has 5 nitrogen and oxygen atoms in total. The number of ketones is 1. The Hall–Kier alpha value is -2.66. The number of nitrogens with zero attached hydrogens (tertiary/aromatic N) is 2. The van der Waals surface area contributed by atoms with Crippen LogP contribution in [0.15, 0.2) is 48.7 Å². The first-order valence-corrected chi connectivity index (χ1v) is 9.02. The molecule has 1 fully saturated rings. The minimum Gasteiger partial charge on any atom is -0.351 e. The summed E-state index contributed by atoms with van der Waals surface area (Å²) in [4.78, 5) is 34.6. The lowest BCUT2D eigenvalue weighted by molar-refractivity contribution is 0.0631. The molecule has 2 aromatic heterocycles. The van der Waals surface area contributed by atoms with Gasteiger partial charge < -0.3 is 9.88 Å². The fraction of sp³-hybridized carbons (Fsp3) is 0.250. The summed E-state index contributed by atoms with van der Waals surface area (Å²) < 4.78 is 0. The summed E-state index contributed by atoms with van der Waals surface area (Å²) in [5.41, 5.74) is 1.86. The van der Waals surface area contributed by atoms with Crippen LogP contribution in [-0.2, 0) is 0 Å². The van der Waals surface area contributed by atoms with Gasteiger partial charge in [0, 0.05) is 41.1 Å². The maximum Gasteiger partial charge on any atom is 0.270 e. The largest absolute Gasteiger partial charge is 0.351 e. The number of halogens is 1. The molecule has 3 aromatic rings. The predicted octanol–water partition coefficient (Wildman–Crippen LogP) is 3.95. The highest BCUT2D eigenvalue weighted by molar-refractivity contribution is 6.31. The summed E-state index contributed by atoms with van der Waals surface area (Å²) in [6.07, 6.45) is 3.21. The lowest BCUT2D eigenvalue weighted by Crippen LogP contribution is -2.42. The molecular weight excluding hydrogens is 350 g/mol. The average molecular weight is 368 g/mol. The summed E-state index contributed by atoms with van der Waals surface area (Å²) in [6.45, 7) is 1.07. The van der Waals surface area contributed by atoms with E-state index < -0.39 is 0 Å². The monoisotopic (exact) mass is 367 g/mol. The summed E-state index contributed by atoms with van der Waals surface area (Å²) in [6, 6.07) is 12.6. The van der Waals surface area contributed by atoms with Gasteiger partial charge >= 0.3 is 0 Å². The van der Waals surface area contributed by atoms with Gasteiger partial charge in [0.25, 0.3) is 5.91 Å². The molecule has 1 aliphatic heterocycles. The minimum atomic E-state index is -0.207. The summed E-state index contributed by atoms with van der Waals surface area (Å²) >= 11 is 6.02. The third-order valence-electron chi connectivity index (χ3n) is 4.81. The van der Waals surface area contributed by atoms with Crippen molar-refractivity contribution in [3.05, 3.63) is 65.1 Å². The number of hydrogen-bond acceptors (Lipinski definition) is 3. The smallest absolute Gasteiger partial charge is 0.270 e. The van der Waals surface area contributed by atoms with E-state index in [2.05, 4.69) is 9.97 Å². The van der Waals surface area contributed by atoms with Gasteiger partial charge in [0.2, 0.25) is 0 Å². The Morgan fingerprint density at radius 1 is 1.19 bits per heavy atom. The highest BCUT2D eigenvalue weighted by Gasteiger charge is 2.30. The van der Waals surface area contributed by atoms with E-state index in [9.17, 15) is 9.59 Å². The van der Waals surface area contributed by atoms with Gasteiger partial charge in [-0.15, -0.1) is 0 Å². The third kappa shape index (κ3) is 3.22. The Bertz CT molecular complexity index is 968. The number of nitrogens with one attached hydrogen (secondary N) is 1. The van der Waals surface area contributed by atoms with Crippen LogP contribution in [0, 0.1) is 5.92 Å². The van der Waals surface area contributed by atoms with Crippen LogP contribution in [0.2, 0.25) is 5.02 Å². The van der Waals surface area contributed by atoms with Crippen molar-refractivity contribution in [1.82, 2.24) is 14.9 Å². The molecule has 0 spiro atoms. The molecule has 3 heterocycles. The normalized spacial score (nSPS) is 17.4. The fourth-order valence-corrected chi connectivity index (χ4v) is 3.66. The van der Waals surface area contributed by atoms with E-state index in [1.807, 2.05) is 24.3 Å². The number of aromatic amines is 1. The second-order valence-electron chi connectivity index (χ2n) is 6.58. The Labute approximate surface area is 156 Å². The zero-order chi connectivity index (χ0) is 18.1. The summed E-state index contributed by atoms with van der Waals surface area (Å²) in [5.74, 6) is -0.288. The van der Waals surface area contributed by atoms with Crippen molar-refractivity contribution >= 4 is 34.2 Å². The van der Waals surface area contributed by atoms with Crippen LogP contribution in [-0.4, -0.2) is 39.6 Å². The van der Waals surface area contributed by atoms with Crippen LogP contribution >= 0.6 is 11.6 Å². The second-order valence-corrected chi connectivity index (χ2v) is 7.02. The molecule has 1 aromatic carbocycles. The Morgan fingerprint density at radius 3 is 2.88 bits per heavy atom. The SMILES string of the molecule is O=C(c1ccccn1)C1CCCN(C(=O)c2cc3cc(Cl)ccc3[nH]2)C1. The summed E-state index contributed by atoms with van der Waals surface area (Å²) in [7, 11) is 0. The minimum absolute atomic E-state index is 0.00605. The van der Waals surface area contributed by atoms with Crippen LogP contribution in [0.25, 0.3) is 10.9 Å². The van der Waals surface area contributed by atoms with Crippen molar-refractivity contribution in [2.45, 2.75) is 12.8 Å². The van der Waals surface area contributed by atoms with Crippen LogP contribution in [0.4, 0.5) is 0 Å². The van der Waals surface area contributed by atoms with Gasteiger partial charge in [0.15, 0.2) is 5.78 Å². The average Bonchev–Trinajstić information content (AvgIpc) is 3.10. The van der Waals surface area contributed by atoms with Crippen molar-refractivity contribution in [1.29, 1.82) is 0 Å². The van der Waals surface area contributed by atoms with Gasteiger partial charge in [0.05, 0.1) is 0 Å². The number of benzene rings is 1. The van der Waals surface area contributed by atoms with Gasteiger partial charge in [-0.05, 0) is 49.2 Å². The number of carbonyl (C=O) groups is 2. The molecule has 26 heavy (non-hydrogen) atoms. The Kier molecular flexibility index (Phi) is 4.47. The molecule has 0 radical (unpaired) electrons. The van der Waals surface area contributed by atoms with Crippen LogP contribution in [0.3, 0.4) is 0 Å². The first kappa shape index (κ1) is 16.8. The number of amides is 1. The van der Waals surface area contributed by atoms with E-state index >= 15 is 0 Å². The summed E-state index contributed by atoms with van der Waals surface area (Å²) in [5, 5.41) is 1.54. The van der Waals surface area contributed by atoms with Crippen LogP contribution in [0.5, 0.6) is 0 Å². The number of hydrogen-bond donors (Lipinski definition) is 1. The first-order valence-electron chi connectivity index (χ1n) is 8.64. The number of fused-ring (bicyclic) bond motifs is 1. The Morgan fingerprint density at radius 2 is 2.08 bits per heavy atom. The number of aromatic nitrogens is 2. The predicted molar refractivity (Wildman–Crippen MR) is 101 cm³/mol. The van der Waals surface area contributed by atoms with E-state index in [0.717, 1.165) is 23.7 Å². The molecule has 4 rings (SSSR count). The maximum absolute atomic E-state index is 12.9. The molecule has 1 atom stereocenters. The highest BCUT2D eigenvalue weighted by Crippen LogP contribution is 2.24. The fourth-order valence-electron chi connectivity index (χ4n) is 3.48.